The van der Waals surface area contributed by atoms with Crippen molar-refractivity contribution in [3.63, 3.8) is 0 Å². The molecule has 0 spiro atoms. The van der Waals surface area contributed by atoms with Crippen LogP contribution in [0.5, 0.6) is 0 Å². The van der Waals surface area contributed by atoms with Crippen LogP contribution in [0, 0.1) is 0 Å². The average molecular weight is 309 g/mol. The minimum absolute atomic E-state index is 0.0256. The monoisotopic (exact) mass is 309 g/mol. The van der Waals surface area contributed by atoms with E-state index in [0.29, 0.717) is 17.9 Å². The standard InChI is InChI=1S/C16H23NO3S/c1-16(2,3)12-7-9-13(10-8-12)21(4,20)17-11-5-6-14(17)15(18)19/h7-10,14H,4-6,11H2,1-3H3,(H,18,19)/t14-,21?/m0/s1. The highest BCUT2D eigenvalue weighted by Gasteiger charge is 2.36. The summed E-state index contributed by atoms with van der Waals surface area (Å²) in [5.74, 6) is 2.92. The Labute approximate surface area is 126 Å². The molecule has 4 nitrogen and oxygen atoms in total. The van der Waals surface area contributed by atoms with Gasteiger partial charge in [0.2, 0.25) is 0 Å². The van der Waals surface area contributed by atoms with Gasteiger partial charge in [-0.2, -0.15) is 0 Å². The number of carbonyl (C=O) groups is 1. The molecule has 1 heterocycles. The molecule has 21 heavy (non-hydrogen) atoms. The predicted molar refractivity (Wildman–Crippen MR) is 86.0 cm³/mol. The summed E-state index contributed by atoms with van der Waals surface area (Å²) in [6.07, 6.45) is 1.27. The van der Waals surface area contributed by atoms with Gasteiger partial charge in [0.25, 0.3) is 0 Å². The van der Waals surface area contributed by atoms with Gasteiger partial charge < -0.3 is 5.11 Å². The number of hydrogen-bond donors (Lipinski definition) is 1. The van der Waals surface area contributed by atoms with Crippen LogP contribution in [0.3, 0.4) is 0 Å². The first-order valence-electron chi connectivity index (χ1n) is 7.11. The van der Waals surface area contributed by atoms with Crippen LogP contribution in [-0.2, 0) is 19.9 Å². The molecule has 0 bridgehead atoms. The lowest BCUT2D eigenvalue weighted by atomic mass is 9.87. The lowest BCUT2D eigenvalue weighted by Gasteiger charge is -2.26. The predicted octanol–water partition coefficient (Wildman–Crippen LogP) is 2.52. The summed E-state index contributed by atoms with van der Waals surface area (Å²) in [5.41, 5.74) is 1.18. The fourth-order valence-electron chi connectivity index (χ4n) is 2.64. The number of hydrogen-bond acceptors (Lipinski definition) is 2. The van der Waals surface area contributed by atoms with Gasteiger partial charge in [-0.25, -0.2) is 8.51 Å². The topological polar surface area (TPSA) is 57.6 Å². The second-order valence-electron chi connectivity index (χ2n) is 6.55. The molecule has 1 aliphatic heterocycles. The normalized spacial score (nSPS) is 22.9. The molecule has 1 saturated heterocycles. The molecule has 2 rings (SSSR count). The lowest BCUT2D eigenvalue weighted by Crippen LogP contribution is -2.40. The Morgan fingerprint density at radius 2 is 1.90 bits per heavy atom. The van der Waals surface area contributed by atoms with Crippen molar-refractivity contribution in [2.24, 2.45) is 0 Å². The molecular weight excluding hydrogens is 286 g/mol. The number of carboxylic acid groups (broad SMARTS) is 1. The third-order valence-corrected chi connectivity index (χ3v) is 6.16. The summed E-state index contributed by atoms with van der Waals surface area (Å²) in [4.78, 5) is 11.9. The molecule has 2 atom stereocenters. The largest absolute Gasteiger partial charge is 0.480 e. The number of benzene rings is 1. The second-order valence-corrected chi connectivity index (χ2v) is 8.77. The molecular formula is C16H23NO3S. The molecule has 1 aromatic rings. The first kappa shape index (κ1) is 16.0. The highest BCUT2D eigenvalue weighted by Crippen LogP contribution is 2.28. The van der Waals surface area contributed by atoms with Crippen molar-refractivity contribution in [3.8, 4) is 0 Å². The zero-order chi connectivity index (χ0) is 15.8. The van der Waals surface area contributed by atoms with Gasteiger partial charge in [0.1, 0.15) is 6.04 Å². The van der Waals surface area contributed by atoms with E-state index in [1.54, 1.807) is 4.31 Å². The zero-order valence-electron chi connectivity index (χ0n) is 12.8. The Kier molecular flexibility index (Phi) is 4.17. The van der Waals surface area contributed by atoms with Gasteiger partial charge in [0, 0.05) is 11.4 Å². The summed E-state index contributed by atoms with van der Waals surface area (Å²) >= 11 is 0. The minimum atomic E-state index is -2.74. The summed E-state index contributed by atoms with van der Waals surface area (Å²) in [6, 6.07) is 6.83. The summed E-state index contributed by atoms with van der Waals surface area (Å²) in [6.45, 7) is 6.86. The Hall–Kier alpha value is -1.33. The molecule has 5 heteroatoms. The van der Waals surface area contributed by atoms with Crippen molar-refractivity contribution in [2.45, 2.75) is 50.0 Å². The highest BCUT2D eigenvalue weighted by atomic mass is 32.2. The van der Waals surface area contributed by atoms with Crippen molar-refractivity contribution in [1.82, 2.24) is 4.31 Å². The Bertz CT molecular complexity index is 626. The molecule has 0 saturated carbocycles. The molecule has 0 aromatic heterocycles. The van der Waals surface area contributed by atoms with E-state index in [-0.39, 0.29) is 5.41 Å². The third kappa shape index (κ3) is 3.14. The van der Waals surface area contributed by atoms with Crippen LogP contribution >= 0.6 is 0 Å². The van der Waals surface area contributed by atoms with Gasteiger partial charge in [-0.3, -0.25) is 4.79 Å². The molecule has 116 valence electrons. The van der Waals surface area contributed by atoms with Gasteiger partial charge in [-0.05, 0) is 41.8 Å². The van der Waals surface area contributed by atoms with Crippen molar-refractivity contribution in [1.29, 1.82) is 0 Å². The summed E-state index contributed by atoms with van der Waals surface area (Å²) in [5, 5.41) is 9.25. The van der Waals surface area contributed by atoms with Crippen LogP contribution in [0.25, 0.3) is 0 Å². The van der Waals surface area contributed by atoms with E-state index in [2.05, 4.69) is 26.6 Å². The fourth-order valence-corrected chi connectivity index (χ4v) is 4.51. The van der Waals surface area contributed by atoms with E-state index in [9.17, 15) is 14.1 Å². The molecule has 0 aliphatic carbocycles. The molecule has 1 aliphatic rings. The van der Waals surface area contributed by atoms with Gasteiger partial charge >= 0.3 is 5.97 Å². The van der Waals surface area contributed by atoms with Crippen molar-refractivity contribution >= 4 is 21.5 Å². The summed E-state index contributed by atoms with van der Waals surface area (Å²) < 4.78 is 14.6. The smallest absolute Gasteiger partial charge is 0.321 e. The highest BCUT2D eigenvalue weighted by molar-refractivity contribution is 7.98. The van der Waals surface area contributed by atoms with Crippen LogP contribution in [0.4, 0.5) is 0 Å². The molecule has 0 radical (unpaired) electrons. The molecule has 0 amide bonds. The third-order valence-electron chi connectivity index (χ3n) is 3.96. The Morgan fingerprint density at radius 3 is 2.38 bits per heavy atom. The van der Waals surface area contributed by atoms with Crippen LogP contribution in [0.2, 0.25) is 0 Å². The fraction of sp³-hybridized carbons (Fsp3) is 0.500. The second kappa shape index (κ2) is 5.46. The lowest BCUT2D eigenvalue weighted by molar-refractivity contribution is -0.140. The Morgan fingerprint density at radius 1 is 1.33 bits per heavy atom. The molecule has 1 fully saturated rings. The molecule has 1 N–H and O–H groups in total. The Balaban J connectivity index is 2.34. The van der Waals surface area contributed by atoms with E-state index in [0.717, 1.165) is 12.0 Å². The van der Waals surface area contributed by atoms with E-state index in [4.69, 9.17) is 0 Å². The number of carboxylic acids is 1. The minimum Gasteiger partial charge on any atom is -0.480 e. The van der Waals surface area contributed by atoms with E-state index in [1.165, 1.54) is 0 Å². The maximum atomic E-state index is 13.0. The van der Waals surface area contributed by atoms with Gasteiger partial charge in [-0.1, -0.05) is 32.9 Å². The van der Waals surface area contributed by atoms with E-state index in [1.807, 2.05) is 24.3 Å². The zero-order valence-corrected chi connectivity index (χ0v) is 13.7. The quantitative estimate of drug-likeness (QED) is 0.873. The van der Waals surface area contributed by atoms with E-state index >= 15 is 0 Å². The average Bonchev–Trinajstić information content (AvgIpc) is 2.88. The van der Waals surface area contributed by atoms with E-state index < -0.39 is 21.7 Å². The van der Waals surface area contributed by atoms with Crippen molar-refractivity contribution < 1.29 is 14.1 Å². The van der Waals surface area contributed by atoms with Crippen LogP contribution in [0.15, 0.2) is 29.2 Å². The maximum Gasteiger partial charge on any atom is 0.321 e. The summed E-state index contributed by atoms with van der Waals surface area (Å²) in [7, 11) is -2.74. The van der Waals surface area contributed by atoms with Gasteiger partial charge in [0.15, 0.2) is 0 Å². The first-order chi connectivity index (χ1) is 9.64. The van der Waals surface area contributed by atoms with Crippen molar-refractivity contribution in [2.75, 3.05) is 6.54 Å². The SMILES string of the molecule is C=S(=O)(c1ccc(C(C)(C)C)cc1)N1CCC[C@H]1C(=O)O. The molecule has 1 unspecified atom stereocenters. The van der Waals surface area contributed by atoms with Crippen LogP contribution in [0.1, 0.15) is 39.2 Å². The van der Waals surface area contributed by atoms with Crippen LogP contribution in [-0.4, -0.2) is 38.0 Å². The van der Waals surface area contributed by atoms with Gasteiger partial charge in [-0.15, -0.1) is 0 Å². The number of nitrogens with zero attached hydrogens (tertiary/aromatic N) is 1. The number of aliphatic carboxylic acids is 1. The molecule has 1 aromatic carbocycles. The maximum absolute atomic E-state index is 13.0. The first-order valence-corrected chi connectivity index (χ1v) is 8.80. The van der Waals surface area contributed by atoms with Crippen molar-refractivity contribution in [3.05, 3.63) is 29.8 Å². The number of rotatable bonds is 3. The van der Waals surface area contributed by atoms with Crippen LogP contribution < -0.4 is 0 Å². The van der Waals surface area contributed by atoms with Gasteiger partial charge in [0.05, 0.1) is 9.71 Å².